The van der Waals surface area contributed by atoms with Crippen LogP contribution in [0.1, 0.15) is 24.0 Å². The first-order valence-corrected chi connectivity index (χ1v) is 6.03. The van der Waals surface area contributed by atoms with E-state index in [1.807, 2.05) is 0 Å². The maximum atomic E-state index is 12.4. The Bertz CT molecular complexity index is 369. The molecule has 1 aliphatic rings. The number of alkyl halides is 3. The molecule has 0 amide bonds. The number of rotatable bonds is 3. The van der Waals surface area contributed by atoms with E-state index in [0.29, 0.717) is 12.6 Å². The molecule has 1 aromatic rings. The largest absolute Gasteiger partial charge is 0.416 e. The smallest absolute Gasteiger partial charge is 0.381 e. The topological polar surface area (TPSA) is 21.3 Å². The molecule has 1 N–H and O–H groups in total. The van der Waals surface area contributed by atoms with Crippen LogP contribution in [-0.2, 0) is 17.5 Å². The van der Waals surface area contributed by atoms with Gasteiger partial charge in [-0.15, -0.1) is 0 Å². The Morgan fingerprint density at radius 3 is 2.28 bits per heavy atom. The molecule has 1 fully saturated rings. The van der Waals surface area contributed by atoms with Crippen LogP contribution in [0.2, 0.25) is 0 Å². The van der Waals surface area contributed by atoms with Crippen LogP contribution in [0.15, 0.2) is 24.3 Å². The molecular formula is C13H16F3NO. The van der Waals surface area contributed by atoms with E-state index in [4.69, 9.17) is 4.74 Å². The maximum absolute atomic E-state index is 12.4. The summed E-state index contributed by atoms with van der Waals surface area (Å²) in [5.41, 5.74) is 0.270. The molecule has 1 aliphatic heterocycles. The van der Waals surface area contributed by atoms with Crippen molar-refractivity contribution in [2.75, 3.05) is 13.2 Å². The monoisotopic (exact) mass is 259 g/mol. The quantitative estimate of drug-likeness (QED) is 0.901. The van der Waals surface area contributed by atoms with Gasteiger partial charge in [-0.25, -0.2) is 0 Å². The fraction of sp³-hybridized carbons (Fsp3) is 0.538. The number of hydrogen-bond acceptors (Lipinski definition) is 2. The fourth-order valence-corrected chi connectivity index (χ4v) is 1.98. The van der Waals surface area contributed by atoms with Gasteiger partial charge in [-0.3, -0.25) is 0 Å². The Hall–Kier alpha value is -1.07. The predicted molar refractivity (Wildman–Crippen MR) is 62.1 cm³/mol. The Balaban J connectivity index is 1.86. The lowest BCUT2D eigenvalue weighted by atomic mass is 10.1. The molecule has 0 unspecified atom stereocenters. The van der Waals surface area contributed by atoms with Gasteiger partial charge >= 0.3 is 6.18 Å². The molecule has 0 bridgehead atoms. The van der Waals surface area contributed by atoms with Crippen molar-refractivity contribution < 1.29 is 17.9 Å². The average Bonchev–Trinajstić information content (AvgIpc) is 2.37. The Labute approximate surface area is 104 Å². The summed E-state index contributed by atoms with van der Waals surface area (Å²) in [6, 6.07) is 5.70. The van der Waals surface area contributed by atoms with Crippen molar-refractivity contribution in [3.05, 3.63) is 35.4 Å². The summed E-state index contributed by atoms with van der Waals surface area (Å²) in [7, 11) is 0. The van der Waals surface area contributed by atoms with Crippen molar-refractivity contribution in [2.24, 2.45) is 0 Å². The van der Waals surface area contributed by atoms with E-state index in [2.05, 4.69) is 5.32 Å². The molecule has 0 atom stereocenters. The van der Waals surface area contributed by atoms with Crippen molar-refractivity contribution >= 4 is 0 Å². The third-order valence-electron chi connectivity index (χ3n) is 3.10. The van der Waals surface area contributed by atoms with Gasteiger partial charge in [-0.1, -0.05) is 12.1 Å². The van der Waals surface area contributed by atoms with Gasteiger partial charge in [0, 0.05) is 25.8 Å². The summed E-state index contributed by atoms with van der Waals surface area (Å²) >= 11 is 0. The van der Waals surface area contributed by atoms with Crippen LogP contribution in [0.3, 0.4) is 0 Å². The number of nitrogens with one attached hydrogen (secondary N) is 1. The number of ether oxygens (including phenoxy) is 1. The minimum absolute atomic E-state index is 0.404. The van der Waals surface area contributed by atoms with Gasteiger partial charge in [0.25, 0.3) is 0 Å². The van der Waals surface area contributed by atoms with E-state index in [9.17, 15) is 13.2 Å². The second-order valence-electron chi connectivity index (χ2n) is 4.46. The fourth-order valence-electron chi connectivity index (χ4n) is 1.98. The lowest BCUT2D eigenvalue weighted by molar-refractivity contribution is -0.137. The zero-order valence-corrected chi connectivity index (χ0v) is 9.96. The first kappa shape index (κ1) is 13.4. The minimum Gasteiger partial charge on any atom is -0.381 e. The van der Waals surface area contributed by atoms with Gasteiger partial charge in [0.2, 0.25) is 0 Å². The molecule has 0 radical (unpaired) electrons. The second-order valence-corrected chi connectivity index (χ2v) is 4.46. The lowest BCUT2D eigenvalue weighted by Gasteiger charge is -2.23. The third-order valence-corrected chi connectivity index (χ3v) is 3.10. The number of benzene rings is 1. The van der Waals surface area contributed by atoms with Crippen molar-refractivity contribution in [2.45, 2.75) is 31.6 Å². The molecule has 1 aromatic carbocycles. The molecule has 0 spiro atoms. The van der Waals surface area contributed by atoms with Crippen molar-refractivity contribution in [3.8, 4) is 0 Å². The second kappa shape index (κ2) is 5.71. The van der Waals surface area contributed by atoms with Crippen LogP contribution < -0.4 is 5.32 Å². The van der Waals surface area contributed by atoms with Crippen LogP contribution in [0, 0.1) is 0 Å². The van der Waals surface area contributed by atoms with E-state index < -0.39 is 11.7 Å². The number of hydrogen-bond donors (Lipinski definition) is 1. The van der Waals surface area contributed by atoms with Crippen LogP contribution in [-0.4, -0.2) is 19.3 Å². The summed E-state index contributed by atoms with van der Waals surface area (Å²) in [4.78, 5) is 0. The average molecular weight is 259 g/mol. The SMILES string of the molecule is FC(F)(F)c1ccc(CNC2CCOCC2)cc1. The Kier molecular flexibility index (Phi) is 4.24. The van der Waals surface area contributed by atoms with Gasteiger partial charge in [0.15, 0.2) is 0 Å². The zero-order chi connectivity index (χ0) is 13.0. The Morgan fingerprint density at radius 1 is 1.11 bits per heavy atom. The van der Waals surface area contributed by atoms with Crippen molar-refractivity contribution in [1.29, 1.82) is 0 Å². The van der Waals surface area contributed by atoms with Crippen LogP contribution in [0.25, 0.3) is 0 Å². The normalized spacial score (nSPS) is 17.9. The van der Waals surface area contributed by atoms with Crippen LogP contribution in [0.4, 0.5) is 13.2 Å². The third kappa shape index (κ3) is 3.71. The summed E-state index contributed by atoms with van der Waals surface area (Å²) in [6.07, 6.45) is -2.34. The van der Waals surface area contributed by atoms with E-state index in [-0.39, 0.29) is 0 Å². The molecule has 18 heavy (non-hydrogen) atoms. The zero-order valence-electron chi connectivity index (χ0n) is 9.96. The summed E-state index contributed by atoms with van der Waals surface area (Å²) < 4.78 is 42.3. The predicted octanol–water partition coefficient (Wildman–Crippen LogP) is 2.97. The van der Waals surface area contributed by atoms with Gasteiger partial charge in [-0.2, -0.15) is 13.2 Å². The van der Waals surface area contributed by atoms with E-state index in [1.54, 1.807) is 0 Å². The molecule has 2 rings (SSSR count). The molecule has 1 heterocycles. The van der Waals surface area contributed by atoms with E-state index in [1.165, 1.54) is 12.1 Å². The van der Waals surface area contributed by atoms with E-state index >= 15 is 0 Å². The lowest BCUT2D eigenvalue weighted by Crippen LogP contribution is -2.34. The molecule has 100 valence electrons. The maximum Gasteiger partial charge on any atom is 0.416 e. The molecule has 5 heteroatoms. The summed E-state index contributed by atoms with van der Waals surface area (Å²) in [5.74, 6) is 0. The van der Waals surface area contributed by atoms with Gasteiger partial charge in [0.05, 0.1) is 5.56 Å². The van der Waals surface area contributed by atoms with Crippen molar-refractivity contribution in [1.82, 2.24) is 5.32 Å². The minimum atomic E-state index is -4.26. The van der Waals surface area contributed by atoms with E-state index in [0.717, 1.165) is 43.8 Å². The molecule has 0 aromatic heterocycles. The highest BCUT2D eigenvalue weighted by molar-refractivity contribution is 5.24. The van der Waals surface area contributed by atoms with Crippen molar-refractivity contribution in [3.63, 3.8) is 0 Å². The van der Waals surface area contributed by atoms with Gasteiger partial charge < -0.3 is 10.1 Å². The first-order chi connectivity index (χ1) is 8.55. The summed E-state index contributed by atoms with van der Waals surface area (Å²) in [5, 5.41) is 3.33. The molecule has 0 aliphatic carbocycles. The standard InChI is InChI=1S/C13H16F3NO/c14-13(15,16)11-3-1-10(2-4-11)9-17-12-5-7-18-8-6-12/h1-4,12,17H,5-9H2. The molecular weight excluding hydrogens is 243 g/mol. The summed E-state index contributed by atoms with van der Waals surface area (Å²) in [6.45, 7) is 2.11. The molecule has 0 saturated carbocycles. The first-order valence-electron chi connectivity index (χ1n) is 6.03. The number of halogens is 3. The molecule has 1 saturated heterocycles. The van der Waals surface area contributed by atoms with Crippen LogP contribution in [0.5, 0.6) is 0 Å². The highest BCUT2D eigenvalue weighted by Crippen LogP contribution is 2.29. The van der Waals surface area contributed by atoms with Crippen LogP contribution >= 0.6 is 0 Å². The highest BCUT2D eigenvalue weighted by atomic mass is 19.4. The molecule has 2 nitrogen and oxygen atoms in total. The van der Waals surface area contributed by atoms with Gasteiger partial charge in [-0.05, 0) is 30.5 Å². The van der Waals surface area contributed by atoms with Gasteiger partial charge in [0.1, 0.15) is 0 Å². The Morgan fingerprint density at radius 2 is 1.72 bits per heavy atom. The highest BCUT2D eigenvalue weighted by Gasteiger charge is 2.29.